The molecular weight excluding hydrogens is 701 g/mol. The molecule has 1 saturated heterocycles. The average Bonchev–Trinajstić information content (AvgIpc) is 3.73. The SMILES string of the molecule is CC(C)(C)OC(=O)NCC1CCC(C(=O)NC(Cc2ccc(-c3ccc(NCCN4CCOCC4)nc3)cc2)C(=O)Nc2ccc(-c3nn[nH]n3)cc2)CC1. The van der Waals surface area contributed by atoms with E-state index in [9.17, 15) is 14.4 Å². The zero-order chi connectivity index (χ0) is 38.6. The number of alkyl carbamates (subject to hydrolysis) is 1. The number of pyridine rings is 1. The highest BCUT2D eigenvalue weighted by Gasteiger charge is 2.30. The number of aromatic amines is 1. The lowest BCUT2D eigenvalue weighted by Gasteiger charge is -2.29. The summed E-state index contributed by atoms with van der Waals surface area (Å²) in [7, 11) is 0. The summed E-state index contributed by atoms with van der Waals surface area (Å²) in [6, 6.07) is 18.3. The van der Waals surface area contributed by atoms with Crippen LogP contribution in [0, 0.1) is 11.8 Å². The van der Waals surface area contributed by atoms with Gasteiger partial charge in [0, 0.05) is 68.1 Å². The second-order valence-corrected chi connectivity index (χ2v) is 15.2. The van der Waals surface area contributed by atoms with Gasteiger partial charge in [-0.15, -0.1) is 10.2 Å². The number of hydrogen-bond acceptors (Lipinski definition) is 11. The van der Waals surface area contributed by atoms with E-state index in [1.54, 1.807) is 24.3 Å². The zero-order valence-electron chi connectivity index (χ0n) is 31.8. The number of rotatable bonds is 14. The van der Waals surface area contributed by atoms with E-state index >= 15 is 0 Å². The summed E-state index contributed by atoms with van der Waals surface area (Å²) >= 11 is 0. The Hall–Kier alpha value is -5.41. The molecule has 1 aliphatic heterocycles. The Kier molecular flexibility index (Phi) is 13.4. The maximum Gasteiger partial charge on any atom is 0.407 e. The number of anilines is 2. The molecule has 15 nitrogen and oxygen atoms in total. The summed E-state index contributed by atoms with van der Waals surface area (Å²) in [4.78, 5) is 46.6. The Morgan fingerprint density at radius 3 is 2.29 bits per heavy atom. The third kappa shape index (κ3) is 12.0. The van der Waals surface area contributed by atoms with Crippen LogP contribution in [0.4, 0.5) is 16.3 Å². The standard InChI is InChI=1S/C40H52N10O5/c1-40(2,3)55-39(53)43-25-28-6-10-31(11-7-28)37(51)45-34(38(52)44-33-15-12-30(13-16-33)36-46-48-49-47-36)24-27-4-8-29(9-5-27)32-14-17-35(42-26-32)41-18-19-50-20-22-54-23-21-50/h4-5,8-9,12-17,26,28,31,34H,6-7,10-11,18-25H2,1-3H3,(H,41,42)(H,43,53)(H,44,52)(H,45,51)(H,46,47,48,49). The molecule has 55 heavy (non-hydrogen) atoms. The van der Waals surface area contributed by atoms with Crippen LogP contribution in [0.15, 0.2) is 66.9 Å². The van der Waals surface area contributed by atoms with Gasteiger partial charge in [0.1, 0.15) is 17.5 Å². The normalized spacial score (nSPS) is 18.2. The fourth-order valence-corrected chi connectivity index (χ4v) is 6.79. The number of benzene rings is 2. The van der Waals surface area contributed by atoms with Crippen LogP contribution in [0.2, 0.25) is 0 Å². The highest BCUT2D eigenvalue weighted by atomic mass is 16.6. The van der Waals surface area contributed by atoms with Gasteiger partial charge in [-0.2, -0.15) is 5.21 Å². The molecule has 3 amide bonds. The molecule has 3 heterocycles. The minimum Gasteiger partial charge on any atom is -0.444 e. The summed E-state index contributed by atoms with van der Waals surface area (Å²) in [5.74, 6) is 0.841. The molecule has 0 spiro atoms. The van der Waals surface area contributed by atoms with Gasteiger partial charge in [0.2, 0.25) is 17.6 Å². The van der Waals surface area contributed by atoms with E-state index in [0.29, 0.717) is 37.3 Å². The minimum atomic E-state index is -0.814. The second kappa shape index (κ2) is 18.8. The van der Waals surface area contributed by atoms with Crippen molar-refractivity contribution in [3.05, 3.63) is 72.4 Å². The quantitative estimate of drug-likeness (QED) is 0.120. The Balaban J connectivity index is 1.06. The van der Waals surface area contributed by atoms with E-state index in [4.69, 9.17) is 9.47 Å². The van der Waals surface area contributed by atoms with Gasteiger partial charge >= 0.3 is 6.09 Å². The van der Waals surface area contributed by atoms with Crippen LogP contribution in [0.25, 0.3) is 22.5 Å². The van der Waals surface area contributed by atoms with E-state index in [-0.39, 0.29) is 23.7 Å². The van der Waals surface area contributed by atoms with E-state index in [2.05, 4.69) is 51.8 Å². The van der Waals surface area contributed by atoms with Crippen LogP contribution in [-0.2, 0) is 25.5 Å². The number of carbonyl (C=O) groups is 3. The van der Waals surface area contributed by atoms with Crippen LogP contribution in [0.5, 0.6) is 0 Å². The molecule has 1 unspecified atom stereocenters. The van der Waals surface area contributed by atoms with Crippen LogP contribution in [-0.4, -0.2) is 106 Å². The van der Waals surface area contributed by atoms with E-state index < -0.39 is 17.7 Å². The van der Waals surface area contributed by atoms with E-state index in [1.807, 2.05) is 63.4 Å². The fraction of sp³-hybridized carbons (Fsp3) is 0.475. The molecule has 6 rings (SSSR count). The van der Waals surface area contributed by atoms with Gasteiger partial charge in [-0.1, -0.05) is 24.3 Å². The van der Waals surface area contributed by atoms with Crippen LogP contribution < -0.4 is 21.3 Å². The zero-order valence-corrected chi connectivity index (χ0v) is 31.8. The Morgan fingerprint density at radius 1 is 0.927 bits per heavy atom. The number of carbonyl (C=O) groups excluding carboxylic acids is 3. The molecule has 292 valence electrons. The molecular formula is C40H52N10O5. The number of ether oxygens (including phenoxy) is 2. The van der Waals surface area contributed by atoms with Gasteiger partial charge in [-0.3, -0.25) is 14.5 Å². The Labute approximate surface area is 321 Å². The molecule has 0 radical (unpaired) electrons. The number of amides is 3. The summed E-state index contributed by atoms with van der Waals surface area (Å²) in [6.07, 6.45) is 4.65. The van der Waals surface area contributed by atoms with Gasteiger partial charge < -0.3 is 30.7 Å². The number of tetrazole rings is 1. The van der Waals surface area contributed by atoms with Crippen molar-refractivity contribution < 1.29 is 23.9 Å². The van der Waals surface area contributed by atoms with Crippen molar-refractivity contribution in [1.29, 1.82) is 0 Å². The first-order valence-electron chi connectivity index (χ1n) is 19.1. The highest BCUT2D eigenvalue weighted by molar-refractivity contribution is 5.97. The molecule has 1 aliphatic carbocycles. The number of nitrogens with one attached hydrogen (secondary N) is 5. The van der Waals surface area contributed by atoms with E-state index in [0.717, 1.165) is 80.3 Å². The smallest absolute Gasteiger partial charge is 0.407 e. The average molecular weight is 753 g/mol. The molecule has 5 N–H and O–H groups in total. The number of hydrogen-bond donors (Lipinski definition) is 5. The molecule has 4 aromatic rings. The number of nitrogens with zero attached hydrogens (tertiary/aromatic N) is 5. The van der Waals surface area contributed by atoms with Crippen LogP contribution in [0.3, 0.4) is 0 Å². The largest absolute Gasteiger partial charge is 0.444 e. The third-order valence-electron chi connectivity index (χ3n) is 9.87. The van der Waals surface area contributed by atoms with Gasteiger partial charge in [-0.05, 0) is 105 Å². The molecule has 2 aliphatic rings. The van der Waals surface area contributed by atoms with Crippen molar-refractivity contribution in [3.63, 3.8) is 0 Å². The maximum absolute atomic E-state index is 13.8. The van der Waals surface area contributed by atoms with Crippen molar-refractivity contribution in [2.75, 3.05) is 56.6 Å². The third-order valence-corrected chi connectivity index (χ3v) is 9.87. The van der Waals surface area contributed by atoms with Gasteiger partial charge in [0.05, 0.1) is 13.2 Å². The van der Waals surface area contributed by atoms with Gasteiger partial charge in [-0.25, -0.2) is 9.78 Å². The first-order chi connectivity index (χ1) is 26.6. The van der Waals surface area contributed by atoms with Crippen molar-refractivity contribution in [1.82, 2.24) is 41.1 Å². The first kappa shape index (κ1) is 39.3. The molecule has 2 aromatic heterocycles. The lowest BCUT2D eigenvalue weighted by molar-refractivity contribution is -0.130. The summed E-state index contributed by atoms with van der Waals surface area (Å²) in [5.41, 5.74) is 3.65. The van der Waals surface area contributed by atoms with E-state index in [1.165, 1.54) is 0 Å². The summed E-state index contributed by atoms with van der Waals surface area (Å²) in [6.45, 7) is 11.2. The molecule has 2 fully saturated rings. The predicted molar refractivity (Wildman–Crippen MR) is 209 cm³/mol. The lowest BCUT2D eigenvalue weighted by atomic mass is 9.81. The highest BCUT2D eigenvalue weighted by Crippen LogP contribution is 2.29. The van der Waals surface area contributed by atoms with Gasteiger partial charge in [0.15, 0.2) is 0 Å². The van der Waals surface area contributed by atoms with Crippen molar-refractivity contribution >= 4 is 29.4 Å². The second-order valence-electron chi connectivity index (χ2n) is 15.2. The molecule has 1 saturated carbocycles. The molecule has 0 bridgehead atoms. The van der Waals surface area contributed by atoms with Crippen molar-refractivity contribution in [2.45, 2.75) is 64.5 Å². The van der Waals surface area contributed by atoms with Crippen molar-refractivity contribution in [3.8, 4) is 22.5 Å². The topological polar surface area (TPSA) is 188 Å². The monoisotopic (exact) mass is 752 g/mol. The Bertz CT molecular complexity index is 1820. The molecule has 2 aromatic carbocycles. The van der Waals surface area contributed by atoms with Gasteiger partial charge in [0.25, 0.3) is 0 Å². The van der Waals surface area contributed by atoms with Crippen LogP contribution >= 0.6 is 0 Å². The molecule has 1 atom stereocenters. The lowest BCUT2D eigenvalue weighted by Crippen LogP contribution is -2.48. The minimum absolute atomic E-state index is 0.146. The van der Waals surface area contributed by atoms with Crippen molar-refractivity contribution in [2.24, 2.45) is 11.8 Å². The predicted octanol–water partition coefficient (Wildman–Crippen LogP) is 4.67. The first-order valence-corrected chi connectivity index (χ1v) is 19.1. The fourth-order valence-electron chi connectivity index (χ4n) is 6.79. The number of aromatic nitrogens is 5. The number of H-pyrrole nitrogens is 1. The van der Waals surface area contributed by atoms with Crippen LogP contribution in [0.1, 0.15) is 52.0 Å². The number of morpholine rings is 1. The Morgan fingerprint density at radius 2 is 1.64 bits per heavy atom. The maximum atomic E-state index is 13.8. The molecule has 15 heteroatoms. The summed E-state index contributed by atoms with van der Waals surface area (Å²) < 4.78 is 10.8. The summed E-state index contributed by atoms with van der Waals surface area (Å²) in [5, 5.41) is 26.4.